The predicted octanol–water partition coefficient (Wildman–Crippen LogP) is 2.01. The van der Waals surface area contributed by atoms with Crippen molar-refractivity contribution in [2.45, 2.75) is 13.0 Å². The van der Waals surface area contributed by atoms with E-state index in [0.717, 1.165) is 6.20 Å². The fraction of sp³-hybridized carbons (Fsp3) is 0.294. The Hall–Kier alpha value is -3.23. The maximum atomic E-state index is 12.9. The number of likely N-dealkylation sites (tertiary alicyclic amines) is 1. The molecule has 0 aliphatic carbocycles. The summed E-state index contributed by atoms with van der Waals surface area (Å²) in [7, 11) is 1.32. The molecule has 3 rings (SSSR count). The van der Waals surface area contributed by atoms with Crippen molar-refractivity contribution in [3.8, 4) is 5.75 Å². The average molecular weight is 360 g/mol. The number of carbonyl (C=O) groups is 2. The minimum absolute atomic E-state index is 0.148. The van der Waals surface area contributed by atoms with Crippen LogP contribution >= 0.6 is 0 Å². The van der Waals surface area contributed by atoms with Gasteiger partial charge in [-0.05, 0) is 19.1 Å². The van der Waals surface area contributed by atoms with E-state index in [1.54, 1.807) is 13.0 Å². The Balaban J connectivity index is 1.65. The van der Waals surface area contributed by atoms with E-state index in [1.807, 2.05) is 0 Å². The highest BCUT2D eigenvalue weighted by atomic mass is 19.1. The molecule has 1 saturated heterocycles. The van der Waals surface area contributed by atoms with Crippen LogP contribution in [0.2, 0.25) is 0 Å². The molecule has 0 aromatic carbocycles. The smallest absolute Gasteiger partial charge is 0.409 e. The third-order valence-electron chi connectivity index (χ3n) is 3.71. The molecule has 2 aromatic rings. The third kappa shape index (κ3) is 4.05. The Kier molecular flexibility index (Phi) is 4.97. The minimum Gasteiger partial charge on any atom is -0.487 e. The summed E-state index contributed by atoms with van der Waals surface area (Å²) >= 11 is 0. The first-order chi connectivity index (χ1) is 12.4. The van der Waals surface area contributed by atoms with Crippen LogP contribution in [0.3, 0.4) is 0 Å². The van der Waals surface area contributed by atoms with E-state index >= 15 is 0 Å². The zero-order valence-corrected chi connectivity index (χ0v) is 14.2. The summed E-state index contributed by atoms with van der Waals surface area (Å²) in [4.78, 5) is 33.1. The molecule has 1 N–H and O–H groups in total. The molecule has 3 heterocycles. The van der Waals surface area contributed by atoms with Crippen LogP contribution in [-0.4, -0.2) is 53.2 Å². The highest BCUT2D eigenvalue weighted by Gasteiger charge is 2.33. The zero-order valence-electron chi connectivity index (χ0n) is 14.2. The second-order valence-electron chi connectivity index (χ2n) is 5.76. The molecule has 0 spiro atoms. The van der Waals surface area contributed by atoms with Crippen LogP contribution in [-0.2, 0) is 4.74 Å². The van der Waals surface area contributed by atoms with E-state index < -0.39 is 17.8 Å². The van der Waals surface area contributed by atoms with Crippen molar-refractivity contribution in [1.82, 2.24) is 14.9 Å². The maximum Gasteiger partial charge on any atom is 0.409 e. The molecule has 8 nitrogen and oxygen atoms in total. The molecule has 0 atom stereocenters. The van der Waals surface area contributed by atoms with Gasteiger partial charge in [-0.15, -0.1) is 0 Å². The molecule has 0 unspecified atom stereocenters. The van der Waals surface area contributed by atoms with Gasteiger partial charge in [0.2, 0.25) is 0 Å². The van der Waals surface area contributed by atoms with Gasteiger partial charge in [0.25, 0.3) is 5.91 Å². The number of aryl methyl sites for hydroxylation is 1. The number of rotatable bonds is 4. The van der Waals surface area contributed by atoms with Gasteiger partial charge in [0.05, 0.1) is 26.4 Å². The summed E-state index contributed by atoms with van der Waals surface area (Å²) in [5, 5.41) is 2.55. The summed E-state index contributed by atoms with van der Waals surface area (Å²) < 4.78 is 23.3. The lowest BCUT2D eigenvalue weighted by Gasteiger charge is -2.37. The molecule has 1 aliphatic heterocycles. The number of methoxy groups -OCH3 is 1. The summed E-state index contributed by atoms with van der Waals surface area (Å²) in [5.74, 6) is -0.282. The topological polar surface area (TPSA) is 93.6 Å². The molecule has 9 heteroatoms. The number of ether oxygens (including phenoxy) is 2. The second-order valence-corrected chi connectivity index (χ2v) is 5.76. The quantitative estimate of drug-likeness (QED) is 0.896. The van der Waals surface area contributed by atoms with Crippen molar-refractivity contribution in [2.24, 2.45) is 0 Å². The summed E-state index contributed by atoms with van der Waals surface area (Å²) in [6.45, 7) is 2.56. The molecular weight excluding hydrogens is 343 g/mol. The van der Waals surface area contributed by atoms with E-state index in [0.29, 0.717) is 24.5 Å². The number of carbonyl (C=O) groups excluding carboxylic acids is 2. The number of halogens is 1. The lowest BCUT2D eigenvalue weighted by atomic mass is 10.2. The van der Waals surface area contributed by atoms with Crippen LogP contribution in [0, 0.1) is 12.7 Å². The van der Waals surface area contributed by atoms with E-state index in [-0.39, 0.29) is 17.6 Å². The van der Waals surface area contributed by atoms with Gasteiger partial charge in [0.1, 0.15) is 29.2 Å². The SMILES string of the molecule is COC(=O)N1CC(Oc2cc(C)nc(C(=O)Nc3ccc(F)cn3)c2)C1. The normalized spacial score (nSPS) is 13.7. The molecule has 1 aliphatic rings. The van der Waals surface area contributed by atoms with Crippen LogP contribution in [0.25, 0.3) is 0 Å². The lowest BCUT2D eigenvalue weighted by Crippen LogP contribution is -2.56. The number of amides is 2. The Morgan fingerprint density at radius 1 is 1.31 bits per heavy atom. The van der Waals surface area contributed by atoms with Crippen molar-refractivity contribution >= 4 is 17.8 Å². The van der Waals surface area contributed by atoms with Gasteiger partial charge in [-0.3, -0.25) is 4.79 Å². The average Bonchev–Trinajstić information content (AvgIpc) is 2.58. The zero-order chi connectivity index (χ0) is 18.7. The van der Waals surface area contributed by atoms with Gasteiger partial charge in [-0.25, -0.2) is 19.2 Å². The monoisotopic (exact) mass is 360 g/mol. The number of anilines is 1. The Labute approximate surface area is 149 Å². The lowest BCUT2D eigenvalue weighted by molar-refractivity contribution is 0.0182. The van der Waals surface area contributed by atoms with Crippen LogP contribution in [0.5, 0.6) is 5.75 Å². The van der Waals surface area contributed by atoms with Gasteiger partial charge in [0, 0.05) is 17.8 Å². The van der Waals surface area contributed by atoms with Crippen LogP contribution in [0.15, 0.2) is 30.5 Å². The van der Waals surface area contributed by atoms with Gasteiger partial charge in [0.15, 0.2) is 0 Å². The maximum absolute atomic E-state index is 12.9. The van der Waals surface area contributed by atoms with Crippen molar-refractivity contribution in [1.29, 1.82) is 0 Å². The number of hydrogen-bond donors (Lipinski definition) is 1. The van der Waals surface area contributed by atoms with Crippen LogP contribution < -0.4 is 10.1 Å². The number of nitrogens with one attached hydrogen (secondary N) is 1. The Morgan fingerprint density at radius 3 is 2.73 bits per heavy atom. The first kappa shape index (κ1) is 17.6. The number of nitrogens with zero attached hydrogens (tertiary/aromatic N) is 3. The standard InChI is InChI=1S/C17H17FN4O4/c1-10-5-12(26-13-8-22(9-13)17(24)25-2)6-14(20-10)16(23)21-15-4-3-11(18)7-19-15/h3-7,13H,8-9H2,1-2H3,(H,19,21,23). The molecule has 26 heavy (non-hydrogen) atoms. The number of hydrogen-bond acceptors (Lipinski definition) is 6. The van der Waals surface area contributed by atoms with Crippen molar-refractivity contribution in [3.05, 3.63) is 47.7 Å². The predicted molar refractivity (Wildman–Crippen MR) is 89.5 cm³/mol. The summed E-state index contributed by atoms with van der Waals surface area (Å²) in [6.07, 6.45) is 0.436. The van der Waals surface area contributed by atoms with Gasteiger partial charge in [-0.2, -0.15) is 0 Å². The number of aromatic nitrogens is 2. The summed E-state index contributed by atoms with van der Waals surface area (Å²) in [5.41, 5.74) is 0.749. The fourth-order valence-corrected chi connectivity index (χ4v) is 2.43. The Morgan fingerprint density at radius 2 is 2.08 bits per heavy atom. The van der Waals surface area contributed by atoms with Gasteiger partial charge in [-0.1, -0.05) is 0 Å². The van der Waals surface area contributed by atoms with E-state index in [9.17, 15) is 14.0 Å². The molecular formula is C17H17FN4O4. The highest BCUT2D eigenvalue weighted by molar-refractivity contribution is 6.02. The van der Waals surface area contributed by atoms with Crippen LogP contribution in [0.4, 0.5) is 15.0 Å². The van der Waals surface area contributed by atoms with Gasteiger partial charge >= 0.3 is 6.09 Å². The Bertz CT molecular complexity index is 822. The molecule has 0 bridgehead atoms. The summed E-state index contributed by atoms with van der Waals surface area (Å²) in [6, 6.07) is 5.76. The van der Waals surface area contributed by atoms with Crippen molar-refractivity contribution in [3.63, 3.8) is 0 Å². The van der Waals surface area contributed by atoms with Crippen molar-refractivity contribution < 1.29 is 23.5 Å². The molecule has 1 fully saturated rings. The molecule has 136 valence electrons. The fourth-order valence-electron chi connectivity index (χ4n) is 2.43. The highest BCUT2D eigenvalue weighted by Crippen LogP contribution is 2.21. The van der Waals surface area contributed by atoms with Gasteiger partial charge < -0.3 is 19.7 Å². The minimum atomic E-state index is -0.492. The molecule has 0 saturated carbocycles. The third-order valence-corrected chi connectivity index (χ3v) is 3.71. The number of pyridine rings is 2. The van der Waals surface area contributed by atoms with E-state index in [4.69, 9.17) is 4.74 Å². The first-order valence-corrected chi connectivity index (χ1v) is 7.86. The molecule has 0 radical (unpaired) electrons. The first-order valence-electron chi connectivity index (χ1n) is 7.86. The van der Waals surface area contributed by atoms with Crippen LogP contribution in [0.1, 0.15) is 16.2 Å². The largest absolute Gasteiger partial charge is 0.487 e. The van der Waals surface area contributed by atoms with E-state index in [1.165, 1.54) is 30.2 Å². The molecule has 2 amide bonds. The molecule has 2 aromatic heterocycles. The second kappa shape index (κ2) is 7.34. The van der Waals surface area contributed by atoms with E-state index in [2.05, 4.69) is 20.0 Å². The van der Waals surface area contributed by atoms with Crippen molar-refractivity contribution in [2.75, 3.05) is 25.5 Å².